The van der Waals surface area contributed by atoms with Crippen LogP contribution in [0.4, 0.5) is 5.69 Å². The van der Waals surface area contributed by atoms with Crippen molar-refractivity contribution in [2.75, 3.05) is 5.73 Å². The van der Waals surface area contributed by atoms with Gasteiger partial charge in [0, 0.05) is 15.8 Å². The summed E-state index contributed by atoms with van der Waals surface area (Å²) in [4.78, 5) is 4.18. The van der Waals surface area contributed by atoms with Gasteiger partial charge in [-0.05, 0) is 34.1 Å². The highest BCUT2D eigenvalue weighted by Gasteiger charge is 2.09. The molecular weight excluding hydrogens is 340 g/mol. The number of aromatic nitrogens is 1. The Morgan fingerprint density at radius 2 is 1.85 bits per heavy atom. The highest BCUT2D eigenvalue weighted by molar-refractivity contribution is 9.10. The van der Waals surface area contributed by atoms with Crippen molar-refractivity contribution in [3.63, 3.8) is 0 Å². The molecule has 100 valence electrons. The Bertz CT molecular complexity index is 792. The van der Waals surface area contributed by atoms with Crippen molar-refractivity contribution >= 4 is 44.0 Å². The Hall–Kier alpha value is -1.78. The molecule has 0 saturated carbocycles. The van der Waals surface area contributed by atoms with Crippen LogP contribution in [0, 0.1) is 0 Å². The summed E-state index contributed by atoms with van der Waals surface area (Å²) in [5, 5.41) is 2.57. The molecule has 0 aliphatic heterocycles. The standard InChI is InChI=1S/C15H10BrClN2O/c16-12-7-9(18)8-19-15(12)20-14-6-5-13(17)10-3-1-2-4-11(10)14/h1-8H,18H2. The number of rotatable bonds is 2. The van der Waals surface area contributed by atoms with Crippen molar-refractivity contribution in [2.24, 2.45) is 0 Å². The molecule has 0 unspecified atom stereocenters. The first-order valence-corrected chi connectivity index (χ1v) is 7.08. The summed E-state index contributed by atoms with van der Waals surface area (Å²) in [5.41, 5.74) is 6.24. The zero-order valence-corrected chi connectivity index (χ0v) is 12.6. The van der Waals surface area contributed by atoms with Crippen molar-refractivity contribution in [1.29, 1.82) is 0 Å². The second-order valence-corrected chi connectivity index (χ2v) is 5.51. The molecule has 5 heteroatoms. The van der Waals surface area contributed by atoms with Gasteiger partial charge >= 0.3 is 0 Å². The Morgan fingerprint density at radius 1 is 1.10 bits per heavy atom. The maximum Gasteiger partial charge on any atom is 0.233 e. The number of hydrogen-bond donors (Lipinski definition) is 1. The van der Waals surface area contributed by atoms with E-state index in [-0.39, 0.29) is 0 Å². The average Bonchev–Trinajstić information content (AvgIpc) is 2.45. The van der Waals surface area contributed by atoms with Gasteiger partial charge in [0.15, 0.2) is 0 Å². The summed E-state index contributed by atoms with van der Waals surface area (Å²) < 4.78 is 6.57. The van der Waals surface area contributed by atoms with Crippen LogP contribution in [0.15, 0.2) is 53.1 Å². The first kappa shape index (κ1) is 13.2. The van der Waals surface area contributed by atoms with Crippen LogP contribution >= 0.6 is 27.5 Å². The molecule has 20 heavy (non-hydrogen) atoms. The number of ether oxygens (including phenoxy) is 1. The predicted octanol–water partition coefficient (Wildman–Crippen LogP) is 5.03. The van der Waals surface area contributed by atoms with Gasteiger partial charge < -0.3 is 10.5 Å². The molecule has 0 spiro atoms. The van der Waals surface area contributed by atoms with Gasteiger partial charge in [0.25, 0.3) is 0 Å². The van der Waals surface area contributed by atoms with Gasteiger partial charge in [0.05, 0.1) is 16.4 Å². The van der Waals surface area contributed by atoms with Crippen molar-refractivity contribution in [2.45, 2.75) is 0 Å². The molecule has 2 N–H and O–H groups in total. The second-order valence-electron chi connectivity index (χ2n) is 4.25. The summed E-state index contributed by atoms with van der Waals surface area (Å²) in [6.45, 7) is 0. The van der Waals surface area contributed by atoms with Crippen LogP contribution in [0.2, 0.25) is 5.02 Å². The van der Waals surface area contributed by atoms with E-state index in [1.807, 2.05) is 36.4 Å². The Labute approximate surface area is 129 Å². The molecule has 3 nitrogen and oxygen atoms in total. The molecule has 0 radical (unpaired) electrons. The molecule has 2 aromatic carbocycles. The SMILES string of the molecule is Nc1cnc(Oc2ccc(Cl)c3ccccc23)c(Br)c1. The molecule has 3 aromatic rings. The Kier molecular flexibility index (Phi) is 3.51. The lowest BCUT2D eigenvalue weighted by atomic mass is 10.1. The third kappa shape index (κ3) is 2.44. The van der Waals surface area contributed by atoms with Crippen molar-refractivity contribution in [3.8, 4) is 11.6 Å². The number of nitrogens with zero attached hydrogens (tertiary/aromatic N) is 1. The van der Waals surface area contributed by atoms with Crippen LogP contribution < -0.4 is 10.5 Å². The van der Waals surface area contributed by atoms with E-state index in [0.717, 1.165) is 10.8 Å². The van der Waals surface area contributed by atoms with Gasteiger partial charge in [-0.2, -0.15) is 0 Å². The summed E-state index contributed by atoms with van der Waals surface area (Å²) >= 11 is 9.58. The van der Waals surface area contributed by atoms with Crippen molar-refractivity contribution in [3.05, 3.63) is 58.2 Å². The number of hydrogen-bond acceptors (Lipinski definition) is 3. The number of nitrogens with two attached hydrogens (primary N) is 1. The summed E-state index contributed by atoms with van der Waals surface area (Å²) in [5.74, 6) is 1.16. The topological polar surface area (TPSA) is 48.1 Å². The lowest BCUT2D eigenvalue weighted by Gasteiger charge is -2.10. The first-order chi connectivity index (χ1) is 9.65. The van der Waals surface area contributed by atoms with Crippen molar-refractivity contribution < 1.29 is 4.74 Å². The number of fused-ring (bicyclic) bond motifs is 1. The molecule has 1 aromatic heterocycles. The highest BCUT2D eigenvalue weighted by Crippen LogP contribution is 2.35. The van der Waals surface area contributed by atoms with Crippen LogP contribution in [-0.2, 0) is 0 Å². The minimum Gasteiger partial charge on any atom is -0.437 e. The zero-order valence-electron chi connectivity index (χ0n) is 10.3. The monoisotopic (exact) mass is 348 g/mol. The fourth-order valence-electron chi connectivity index (χ4n) is 1.94. The normalized spacial score (nSPS) is 10.7. The van der Waals surface area contributed by atoms with Crippen LogP contribution in [0.3, 0.4) is 0 Å². The van der Waals surface area contributed by atoms with Gasteiger partial charge in [-0.25, -0.2) is 4.98 Å². The lowest BCUT2D eigenvalue weighted by molar-refractivity contribution is 0.465. The van der Waals surface area contributed by atoms with Gasteiger partial charge in [-0.1, -0.05) is 35.9 Å². The van der Waals surface area contributed by atoms with E-state index in [9.17, 15) is 0 Å². The van der Waals surface area contributed by atoms with E-state index in [1.54, 1.807) is 12.3 Å². The summed E-state index contributed by atoms with van der Waals surface area (Å²) in [6.07, 6.45) is 1.55. The predicted molar refractivity (Wildman–Crippen MR) is 85.4 cm³/mol. The van der Waals surface area contributed by atoms with E-state index in [1.165, 1.54) is 0 Å². The van der Waals surface area contributed by atoms with Crippen molar-refractivity contribution in [1.82, 2.24) is 4.98 Å². The second kappa shape index (κ2) is 5.31. The minimum absolute atomic E-state index is 0.465. The number of pyridine rings is 1. The molecule has 0 fully saturated rings. The Morgan fingerprint density at radius 3 is 2.60 bits per heavy atom. The maximum absolute atomic E-state index is 6.19. The lowest BCUT2D eigenvalue weighted by Crippen LogP contribution is -1.93. The molecule has 0 amide bonds. The van der Waals surface area contributed by atoms with Gasteiger partial charge in [-0.15, -0.1) is 0 Å². The van der Waals surface area contributed by atoms with E-state index in [2.05, 4.69) is 20.9 Å². The van der Waals surface area contributed by atoms with Crippen LogP contribution in [-0.4, -0.2) is 4.98 Å². The number of halogens is 2. The summed E-state index contributed by atoms with van der Waals surface area (Å²) in [6, 6.07) is 13.2. The van der Waals surface area contributed by atoms with Crippen LogP contribution in [0.1, 0.15) is 0 Å². The van der Waals surface area contributed by atoms with Crippen LogP contribution in [0.5, 0.6) is 11.6 Å². The molecule has 0 atom stereocenters. The Balaban J connectivity index is 2.09. The molecule has 1 heterocycles. The molecular formula is C15H10BrClN2O. The number of benzene rings is 2. The summed E-state index contributed by atoms with van der Waals surface area (Å²) in [7, 11) is 0. The fourth-order valence-corrected chi connectivity index (χ4v) is 2.62. The highest BCUT2D eigenvalue weighted by atomic mass is 79.9. The molecule has 0 aliphatic rings. The molecule has 0 aliphatic carbocycles. The van der Waals surface area contributed by atoms with E-state index in [4.69, 9.17) is 22.1 Å². The van der Waals surface area contributed by atoms with Gasteiger partial charge in [0.1, 0.15) is 5.75 Å². The minimum atomic E-state index is 0.465. The average molecular weight is 350 g/mol. The van der Waals surface area contributed by atoms with Gasteiger partial charge in [-0.3, -0.25) is 0 Å². The van der Waals surface area contributed by atoms with E-state index in [0.29, 0.717) is 26.8 Å². The van der Waals surface area contributed by atoms with E-state index < -0.39 is 0 Å². The van der Waals surface area contributed by atoms with Gasteiger partial charge in [0.2, 0.25) is 5.88 Å². The van der Waals surface area contributed by atoms with Crippen LogP contribution in [0.25, 0.3) is 10.8 Å². The largest absolute Gasteiger partial charge is 0.437 e. The maximum atomic E-state index is 6.19. The number of nitrogen functional groups attached to an aromatic ring is 1. The first-order valence-electron chi connectivity index (χ1n) is 5.91. The molecule has 0 saturated heterocycles. The van der Waals surface area contributed by atoms with E-state index >= 15 is 0 Å². The fraction of sp³-hybridized carbons (Fsp3) is 0. The third-order valence-corrected chi connectivity index (χ3v) is 3.76. The molecule has 3 rings (SSSR count). The third-order valence-electron chi connectivity index (χ3n) is 2.87. The smallest absolute Gasteiger partial charge is 0.233 e. The molecule has 0 bridgehead atoms. The quantitative estimate of drug-likeness (QED) is 0.706. The zero-order chi connectivity index (χ0) is 14.1. The number of anilines is 1.